The third kappa shape index (κ3) is 7.52. The Labute approximate surface area is 195 Å². The van der Waals surface area contributed by atoms with Gasteiger partial charge in [-0.2, -0.15) is 0 Å². The average molecular weight is 456 g/mol. The van der Waals surface area contributed by atoms with E-state index in [-0.39, 0.29) is 17.6 Å². The number of nitrogens with zero attached hydrogens (tertiary/aromatic N) is 2. The number of piperidine rings is 1. The van der Waals surface area contributed by atoms with E-state index < -0.39 is 0 Å². The van der Waals surface area contributed by atoms with Gasteiger partial charge in [-0.25, -0.2) is 4.39 Å². The molecule has 7 heteroatoms. The molecule has 0 unspecified atom stereocenters. The van der Waals surface area contributed by atoms with Crippen molar-refractivity contribution in [3.8, 4) is 5.75 Å². The van der Waals surface area contributed by atoms with Crippen LogP contribution in [0.25, 0.3) is 0 Å². The van der Waals surface area contributed by atoms with Crippen LogP contribution in [0.2, 0.25) is 0 Å². The van der Waals surface area contributed by atoms with Crippen LogP contribution < -0.4 is 10.1 Å². The molecule has 0 radical (unpaired) electrons. The summed E-state index contributed by atoms with van der Waals surface area (Å²) >= 11 is 0. The van der Waals surface area contributed by atoms with Crippen LogP contribution in [-0.2, 0) is 22.6 Å². The van der Waals surface area contributed by atoms with Crippen molar-refractivity contribution in [3.05, 3.63) is 65.5 Å². The van der Waals surface area contributed by atoms with Gasteiger partial charge in [0.15, 0.2) is 0 Å². The van der Waals surface area contributed by atoms with Crippen LogP contribution in [0.15, 0.2) is 48.5 Å². The molecule has 6 nitrogen and oxygen atoms in total. The third-order valence-corrected chi connectivity index (χ3v) is 6.32. The lowest BCUT2D eigenvalue weighted by Crippen LogP contribution is -2.42. The molecule has 2 aromatic rings. The number of benzene rings is 2. The van der Waals surface area contributed by atoms with E-state index in [1.165, 1.54) is 6.07 Å². The molecular weight excluding hydrogens is 421 g/mol. The van der Waals surface area contributed by atoms with Gasteiger partial charge in [0, 0.05) is 39.3 Å². The zero-order chi connectivity index (χ0) is 22.9. The Morgan fingerprint density at radius 2 is 1.88 bits per heavy atom. The van der Waals surface area contributed by atoms with Gasteiger partial charge in [-0.05, 0) is 54.8 Å². The lowest BCUT2D eigenvalue weighted by Gasteiger charge is -2.32. The Hall–Kier alpha value is -2.48. The number of nitrogens with one attached hydrogen (secondary N) is 1. The number of carbonyl (C=O) groups is 1. The molecule has 4 rings (SSSR count). The van der Waals surface area contributed by atoms with Crippen molar-refractivity contribution in [2.24, 2.45) is 5.92 Å². The zero-order valence-corrected chi connectivity index (χ0v) is 19.2. The molecule has 2 fully saturated rings. The van der Waals surface area contributed by atoms with Gasteiger partial charge in [0.25, 0.3) is 0 Å². The molecule has 0 saturated carbocycles. The number of halogens is 1. The Kier molecular flexibility index (Phi) is 8.69. The fourth-order valence-corrected chi connectivity index (χ4v) is 4.50. The second-order valence-corrected chi connectivity index (χ2v) is 8.87. The Morgan fingerprint density at radius 1 is 1.06 bits per heavy atom. The molecule has 2 aliphatic rings. The highest BCUT2D eigenvalue weighted by molar-refractivity contribution is 5.79. The minimum atomic E-state index is -0.217. The van der Waals surface area contributed by atoms with E-state index in [1.54, 1.807) is 12.1 Å². The van der Waals surface area contributed by atoms with E-state index in [4.69, 9.17) is 9.47 Å². The summed E-state index contributed by atoms with van der Waals surface area (Å²) in [4.78, 5) is 17.4. The summed E-state index contributed by atoms with van der Waals surface area (Å²) in [6, 6.07) is 14.6. The summed E-state index contributed by atoms with van der Waals surface area (Å²) in [6.45, 7) is 7.81. The number of likely N-dealkylation sites (tertiary alicyclic amines) is 1. The molecule has 0 spiro atoms. The van der Waals surface area contributed by atoms with Crippen molar-refractivity contribution in [3.63, 3.8) is 0 Å². The maximum absolute atomic E-state index is 13.5. The van der Waals surface area contributed by atoms with E-state index in [0.717, 1.165) is 69.1 Å². The van der Waals surface area contributed by atoms with Crippen LogP contribution in [0.4, 0.5) is 4.39 Å². The molecule has 1 amide bonds. The molecule has 0 aliphatic carbocycles. The highest BCUT2D eigenvalue weighted by Crippen LogP contribution is 2.20. The summed E-state index contributed by atoms with van der Waals surface area (Å²) in [7, 11) is 0. The van der Waals surface area contributed by atoms with Crippen LogP contribution in [0, 0.1) is 11.7 Å². The molecule has 0 bridgehead atoms. The van der Waals surface area contributed by atoms with Gasteiger partial charge in [-0.15, -0.1) is 0 Å². The summed E-state index contributed by atoms with van der Waals surface area (Å²) in [5.41, 5.74) is 1.97. The predicted molar refractivity (Wildman–Crippen MR) is 125 cm³/mol. The van der Waals surface area contributed by atoms with Gasteiger partial charge >= 0.3 is 0 Å². The third-order valence-electron chi connectivity index (χ3n) is 6.32. The lowest BCUT2D eigenvalue weighted by atomic mass is 9.96. The van der Waals surface area contributed by atoms with E-state index in [0.29, 0.717) is 26.2 Å². The summed E-state index contributed by atoms with van der Waals surface area (Å²) in [6.07, 6.45) is 1.86. The van der Waals surface area contributed by atoms with Crippen molar-refractivity contribution < 1.29 is 18.7 Å². The Morgan fingerprint density at radius 3 is 2.73 bits per heavy atom. The number of hydrogen-bond acceptors (Lipinski definition) is 5. The van der Waals surface area contributed by atoms with Crippen LogP contribution in [-0.4, -0.2) is 68.3 Å². The fourth-order valence-electron chi connectivity index (χ4n) is 4.50. The van der Waals surface area contributed by atoms with E-state index in [9.17, 15) is 9.18 Å². The van der Waals surface area contributed by atoms with E-state index in [2.05, 4.69) is 15.1 Å². The van der Waals surface area contributed by atoms with E-state index in [1.807, 2.05) is 30.3 Å². The standard InChI is InChI=1S/C26H34FN3O3/c27-24-7-1-5-22(16-24)19-30-9-3-6-23(20-30)26(31)28-18-21-4-2-8-25(17-21)33-15-12-29-10-13-32-14-11-29/h1-2,4-5,7-8,16-17,23H,3,6,9-15,18-20H2,(H,28,31)/t23-/m0/s1. The maximum Gasteiger partial charge on any atom is 0.224 e. The van der Waals surface area contributed by atoms with Crippen molar-refractivity contribution >= 4 is 5.91 Å². The molecule has 178 valence electrons. The van der Waals surface area contributed by atoms with Crippen LogP contribution >= 0.6 is 0 Å². The Bertz CT molecular complexity index is 904. The average Bonchev–Trinajstić information content (AvgIpc) is 2.84. The number of morpholine rings is 1. The number of carbonyl (C=O) groups excluding carboxylic acids is 1. The molecule has 2 saturated heterocycles. The van der Waals surface area contributed by atoms with Crippen molar-refractivity contribution in [1.29, 1.82) is 0 Å². The quantitative estimate of drug-likeness (QED) is 0.630. The minimum Gasteiger partial charge on any atom is -0.492 e. The van der Waals surface area contributed by atoms with Crippen molar-refractivity contribution in [2.75, 3.05) is 52.5 Å². The molecule has 2 heterocycles. The first-order valence-corrected chi connectivity index (χ1v) is 11.9. The van der Waals surface area contributed by atoms with Gasteiger partial charge in [0.1, 0.15) is 18.2 Å². The summed E-state index contributed by atoms with van der Waals surface area (Å²) in [5.74, 6) is 0.651. The molecule has 33 heavy (non-hydrogen) atoms. The van der Waals surface area contributed by atoms with Crippen molar-refractivity contribution in [1.82, 2.24) is 15.1 Å². The monoisotopic (exact) mass is 455 g/mol. The maximum atomic E-state index is 13.5. The molecule has 2 aliphatic heterocycles. The topological polar surface area (TPSA) is 54.0 Å². The second-order valence-electron chi connectivity index (χ2n) is 8.87. The normalized spacial score (nSPS) is 19.8. The van der Waals surface area contributed by atoms with Gasteiger partial charge in [0.2, 0.25) is 5.91 Å². The summed E-state index contributed by atoms with van der Waals surface area (Å²) in [5, 5.41) is 3.09. The minimum absolute atomic E-state index is 0.0414. The Balaban J connectivity index is 1.21. The van der Waals surface area contributed by atoms with Gasteiger partial charge in [-0.1, -0.05) is 24.3 Å². The second kappa shape index (κ2) is 12.1. The first-order valence-electron chi connectivity index (χ1n) is 11.9. The van der Waals surface area contributed by atoms with Crippen molar-refractivity contribution in [2.45, 2.75) is 25.9 Å². The molecule has 0 aromatic heterocycles. The first-order chi connectivity index (χ1) is 16.2. The fraction of sp³-hybridized carbons (Fsp3) is 0.500. The molecule has 1 N–H and O–H groups in total. The largest absolute Gasteiger partial charge is 0.492 e. The van der Waals surface area contributed by atoms with Gasteiger partial charge in [0.05, 0.1) is 19.1 Å². The number of ether oxygens (including phenoxy) is 2. The van der Waals surface area contributed by atoms with Crippen LogP contribution in [0.5, 0.6) is 5.75 Å². The molecule has 1 atom stereocenters. The lowest BCUT2D eigenvalue weighted by molar-refractivity contribution is -0.126. The van der Waals surface area contributed by atoms with E-state index >= 15 is 0 Å². The smallest absolute Gasteiger partial charge is 0.224 e. The first kappa shape index (κ1) is 23.7. The van der Waals surface area contributed by atoms with Crippen LogP contribution in [0.3, 0.4) is 0 Å². The van der Waals surface area contributed by atoms with Crippen LogP contribution in [0.1, 0.15) is 24.0 Å². The highest BCUT2D eigenvalue weighted by atomic mass is 19.1. The predicted octanol–water partition coefficient (Wildman–Crippen LogP) is 3.07. The SMILES string of the molecule is O=C(NCc1cccc(OCCN2CCOCC2)c1)[C@H]1CCCN(Cc2cccc(F)c2)C1. The summed E-state index contributed by atoms with van der Waals surface area (Å²) < 4.78 is 24.8. The zero-order valence-electron chi connectivity index (χ0n) is 19.2. The number of rotatable bonds is 9. The number of hydrogen-bond donors (Lipinski definition) is 1. The van der Waals surface area contributed by atoms with Gasteiger partial charge < -0.3 is 14.8 Å². The van der Waals surface area contributed by atoms with Gasteiger partial charge in [-0.3, -0.25) is 14.6 Å². The molecule has 2 aromatic carbocycles. The number of amides is 1. The molecular formula is C26H34FN3O3. The highest BCUT2D eigenvalue weighted by Gasteiger charge is 2.25.